The van der Waals surface area contributed by atoms with E-state index < -0.39 is 5.82 Å². The van der Waals surface area contributed by atoms with Gasteiger partial charge in [0.1, 0.15) is 23.0 Å². The Labute approximate surface area is 116 Å². The third kappa shape index (κ3) is 2.32. The van der Waals surface area contributed by atoms with Gasteiger partial charge < -0.3 is 4.74 Å². The summed E-state index contributed by atoms with van der Waals surface area (Å²) >= 11 is 11.7. The van der Waals surface area contributed by atoms with Crippen LogP contribution in [0.4, 0.5) is 4.39 Å². The molecule has 8 heteroatoms. The van der Waals surface area contributed by atoms with Gasteiger partial charge in [0, 0.05) is 6.07 Å². The van der Waals surface area contributed by atoms with Crippen molar-refractivity contribution in [1.82, 2.24) is 19.6 Å². The average molecular weight is 299 g/mol. The van der Waals surface area contributed by atoms with Gasteiger partial charge in [0.2, 0.25) is 5.88 Å². The highest BCUT2D eigenvalue weighted by Gasteiger charge is 2.11. The molecule has 0 spiro atoms. The fourth-order valence-electron chi connectivity index (χ4n) is 1.50. The second kappa shape index (κ2) is 4.64. The van der Waals surface area contributed by atoms with Gasteiger partial charge in [0.05, 0.1) is 5.02 Å². The molecule has 0 fully saturated rings. The van der Waals surface area contributed by atoms with Gasteiger partial charge in [0.25, 0.3) is 5.78 Å². The first-order chi connectivity index (χ1) is 9.13. The van der Waals surface area contributed by atoms with Gasteiger partial charge in [-0.1, -0.05) is 23.2 Å². The minimum absolute atomic E-state index is 0.140. The first-order valence-corrected chi connectivity index (χ1v) is 5.88. The van der Waals surface area contributed by atoms with E-state index in [1.807, 2.05) is 0 Å². The summed E-state index contributed by atoms with van der Waals surface area (Å²) in [6.45, 7) is 0. The van der Waals surface area contributed by atoms with E-state index in [-0.39, 0.29) is 21.8 Å². The maximum absolute atomic E-state index is 13.0. The lowest BCUT2D eigenvalue weighted by atomic mass is 10.3. The molecular formula is C11H5Cl2FN4O. The molecule has 2 heterocycles. The Balaban J connectivity index is 2.07. The molecule has 2 aromatic heterocycles. The van der Waals surface area contributed by atoms with Gasteiger partial charge in [0.15, 0.2) is 0 Å². The molecule has 0 radical (unpaired) electrons. The highest BCUT2D eigenvalue weighted by molar-refractivity contribution is 6.32. The smallest absolute Gasteiger partial charge is 0.256 e. The third-order valence-corrected chi connectivity index (χ3v) is 2.79. The van der Waals surface area contributed by atoms with Crippen LogP contribution < -0.4 is 4.74 Å². The Morgan fingerprint density at radius 3 is 2.84 bits per heavy atom. The molecular weight excluding hydrogens is 294 g/mol. The Kier molecular flexibility index (Phi) is 2.96. The molecule has 3 aromatic rings. The largest absolute Gasteiger partial charge is 0.437 e. The number of nitrogens with zero attached hydrogens (tertiary/aromatic N) is 4. The first-order valence-electron chi connectivity index (χ1n) is 5.13. The minimum atomic E-state index is -0.448. The summed E-state index contributed by atoms with van der Waals surface area (Å²) in [4.78, 5) is 7.86. The van der Waals surface area contributed by atoms with Crippen LogP contribution in [0.5, 0.6) is 11.6 Å². The number of rotatable bonds is 2. The zero-order valence-corrected chi connectivity index (χ0v) is 10.7. The molecule has 0 aliphatic carbocycles. The van der Waals surface area contributed by atoms with Crippen LogP contribution in [-0.4, -0.2) is 19.6 Å². The lowest BCUT2D eigenvalue weighted by Gasteiger charge is -2.08. The van der Waals surface area contributed by atoms with Crippen LogP contribution in [0.3, 0.4) is 0 Å². The number of benzene rings is 1. The molecule has 0 atom stereocenters. The number of hydrogen-bond donors (Lipinski definition) is 0. The molecule has 0 N–H and O–H groups in total. The van der Waals surface area contributed by atoms with Gasteiger partial charge in [-0.2, -0.15) is 19.6 Å². The van der Waals surface area contributed by atoms with Crippen molar-refractivity contribution < 1.29 is 9.13 Å². The summed E-state index contributed by atoms with van der Waals surface area (Å²) in [5.41, 5.74) is 0. The Bertz CT molecular complexity index is 762. The zero-order valence-electron chi connectivity index (χ0n) is 9.22. The van der Waals surface area contributed by atoms with Crippen molar-refractivity contribution in [3.63, 3.8) is 0 Å². The van der Waals surface area contributed by atoms with Crippen LogP contribution in [0.2, 0.25) is 10.2 Å². The van der Waals surface area contributed by atoms with Crippen LogP contribution >= 0.6 is 23.2 Å². The van der Waals surface area contributed by atoms with E-state index in [0.717, 1.165) is 6.07 Å². The number of fused-ring (bicyclic) bond motifs is 1. The third-order valence-electron chi connectivity index (χ3n) is 2.30. The number of aromatic nitrogens is 4. The lowest BCUT2D eigenvalue weighted by Crippen LogP contribution is -1.98. The van der Waals surface area contributed by atoms with Gasteiger partial charge in [-0.3, -0.25) is 0 Å². The highest BCUT2D eigenvalue weighted by Crippen LogP contribution is 2.30. The van der Waals surface area contributed by atoms with Gasteiger partial charge in [-0.05, 0) is 18.2 Å². The van der Waals surface area contributed by atoms with Crippen molar-refractivity contribution in [2.75, 3.05) is 0 Å². The van der Waals surface area contributed by atoms with Crippen molar-refractivity contribution in [2.45, 2.75) is 0 Å². The first kappa shape index (κ1) is 12.1. The Hall–Kier alpha value is -1.92. The summed E-state index contributed by atoms with van der Waals surface area (Å²) in [7, 11) is 0. The molecule has 96 valence electrons. The van der Waals surface area contributed by atoms with Gasteiger partial charge >= 0.3 is 0 Å². The van der Waals surface area contributed by atoms with Gasteiger partial charge in [-0.15, -0.1) is 0 Å². The van der Waals surface area contributed by atoms with Crippen molar-refractivity contribution in [3.05, 3.63) is 46.6 Å². The fraction of sp³-hybridized carbons (Fsp3) is 0. The van der Waals surface area contributed by atoms with Crippen LogP contribution in [-0.2, 0) is 0 Å². The van der Waals surface area contributed by atoms with E-state index in [4.69, 9.17) is 27.9 Å². The number of hydrogen-bond acceptors (Lipinski definition) is 4. The second-order valence-corrected chi connectivity index (χ2v) is 4.36. The molecule has 0 aliphatic heterocycles. The normalized spacial score (nSPS) is 10.9. The lowest BCUT2D eigenvalue weighted by molar-refractivity contribution is 0.445. The number of halogens is 3. The minimum Gasteiger partial charge on any atom is -0.437 e. The van der Waals surface area contributed by atoms with Gasteiger partial charge in [-0.25, -0.2) is 4.39 Å². The average Bonchev–Trinajstić information content (AvgIpc) is 2.80. The molecule has 19 heavy (non-hydrogen) atoms. The predicted molar refractivity (Wildman–Crippen MR) is 67.3 cm³/mol. The maximum Gasteiger partial charge on any atom is 0.256 e. The summed E-state index contributed by atoms with van der Waals surface area (Å²) in [6.07, 6.45) is 1.32. The fourth-order valence-corrected chi connectivity index (χ4v) is 1.88. The highest BCUT2D eigenvalue weighted by atomic mass is 35.5. The van der Waals surface area contributed by atoms with Crippen molar-refractivity contribution in [3.8, 4) is 11.6 Å². The predicted octanol–water partition coefficient (Wildman–Crippen LogP) is 3.36. The van der Waals surface area contributed by atoms with E-state index >= 15 is 0 Å². The summed E-state index contributed by atoms with van der Waals surface area (Å²) in [6, 6.07) is 5.26. The molecule has 0 bridgehead atoms. The van der Waals surface area contributed by atoms with Crippen molar-refractivity contribution >= 4 is 29.0 Å². The molecule has 0 saturated heterocycles. The van der Waals surface area contributed by atoms with Crippen LogP contribution in [0.25, 0.3) is 5.78 Å². The second-order valence-electron chi connectivity index (χ2n) is 3.57. The molecule has 3 rings (SSSR count). The number of ether oxygens (including phenoxy) is 1. The summed E-state index contributed by atoms with van der Waals surface area (Å²) in [5, 5.41) is 4.29. The zero-order chi connectivity index (χ0) is 13.4. The Morgan fingerprint density at radius 2 is 2.05 bits per heavy atom. The Morgan fingerprint density at radius 1 is 1.21 bits per heavy atom. The summed E-state index contributed by atoms with van der Waals surface area (Å²) < 4.78 is 19.9. The SMILES string of the molecule is Fc1ccc(Oc2cc(Cl)nc3ncnn23)c(Cl)c1. The standard InChI is InChI=1S/C11H5Cl2FN4O/c12-7-3-6(14)1-2-8(7)19-10-4-9(13)17-11-15-5-16-18(10)11/h1-5H. The quantitative estimate of drug-likeness (QED) is 0.681. The topological polar surface area (TPSA) is 52.3 Å². The molecule has 1 aromatic carbocycles. The van der Waals surface area contributed by atoms with E-state index in [1.165, 1.54) is 29.0 Å². The van der Waals surface area contributed by atoms with Crippen molar-refractivity contribution in [2.24, 2.45) is 0 Å². The van der Waals surface area contributed by atoms with E-state index in [9.17, 15) is 4.39 Å². The van der Waals surface area contributed by atoms with Crippen molar-refractivity contribution in [1.29, 1.82) is 0 Å². The monoisotopic (exact) mass is 298 g/mol. The van der Waals surface area contributed by atoms with Crippen LogP contribution in [0, 0.1) is 5.82 Å². The van der Waals surface area contributed by atoms with E-state index in [1.54, 1.807) is 0 Å². The van der Waals surface area contributed by atoms with E-state index in [2.05, 4.69) is 15.1 Å². The maximum atomic E-state index is 13.0. The summed E-state index contributed by atoms with van der Waals surface area (Å²) in [5.74, 6) is 0.403. The van der Waals surface area contributed by atoms with Crippen LogP contribution in [0.1, 0.15) is 0 Å². The van der Waals surface area contributed by atoms with Crippen LogP contribution in [0.15, 0.2) is 30.6 Å². The molecule has 0 amide bonds. The molecule has 0 aliphatic rings. The molecule has 0 unspecified atom stereocenters. The van der Waals surface area contributed by atoms with E-state index in [0.29, 0.717) is 5.78 Å². The molecule has 0 saturated carbocycles. The molecule has 5 nitrogen and oxygen atoms in total.